The zero-order valence-electron chi connectivity index (χ0n) is 16.4. The van der Waals surface area contributed by atoms with Crippen molar-refractivity contribution in [3.05, 3.63) is 31.2 Å². The first-order chi connectivity index (χ1) is 12.7. The molecule has 0 saturated heterocycles. The quantitative estimate of drug-likeness (QED) is 0.247. The van der Waals surface area contributed by atoms with Gasteiger partial charge in [0.25, 0.3) is 0 Å². The van der Waals surface area contributed by atoms with Crippen LogP contribution in [0.2, 0.25) is 0 Å². The van der Waals surface area contributed by atoms with E-state index in [-0.39, 0.29) is 24.0 Å². The third-order valence-electron chi connectivity index (χ3n) is 4.47. The average molecular weight is 520 g/mol. The molecule has 0 fully saturated rings. The molecular formula is C19H30IN5S2. The Morgan fingerprint density at radius 3 is 2.63 bits per heavy atom. The SMILES string of the molecule is CCNC(=NCc1sc(C)nc1C)NCCCc1nc2c(s1)CCCC2.I. The first kappa shape index (κ1) is 22.5. The van der Waals surface area contributed by atoms with Gasteiger partial charge in [-0.15, -0.1) is 46.7 Å². The molecule has 2 heterocycles. The number of aryl methyl sites for hydroxylation is 5. The summed E-state index contributed by atoms with van der Waals surface area (Å²) in [6.45, 7) is 8.67. The van der Waals surface area contributed by atoms with Crippen molar-refractivity contribution in [2.75, 3.05) is 13.1 Å². The van der Waals surface area contributed by atoms with Gasteiger partial charge < -0.3 is 10.6 Å². The second kappa shape index (κ2) is 11.3. The molecule has 0 aromatic carbocycles. The highest BCUT2D eigenvalue weighted by atomic mass is 127. The highest BCUT2D eigenvalue weighted by Gasteiger charge is 2.14. The molecule has 0 amide bonds. The van der Waals surface area contributed by atoms with Crippen LogP contribution in [0.4, 0.5) is 0 Å². The molecule has 27 heavy (non-hydrogen) atoms. The maximum atomic E-state index is 4.83. The highest BCUT2D eigenvalue weighted by molar-refractivity contribution is 14.0. The van der Waals surface area contributed by atoms with Crippen LogP contribution in [0.3, 0.4) is 0 Å². The molecule has 2 aromatic rings. The third kappa shape index (κ3) is 6.67. The third-order valence-corrected chi connectivity index (χ3v) is 6.75. The smallest absolute Gasteiger partial charge is 0.191 e. The van der Waals surface area contributed by atoms with Crippen molar-refractivity contribution in [2.24, 2.45) is 4.99 Å². The lowest BCUT2D eigenvalue weighted by molar-refractivity contribution is 0.678. The minimum Gasteiger partial charge on any atom is -0.357 e. The van der Waals surface area contributed by atoms with Crippen LogP contribution in [0.15, 0.2) is 4.99 Å². The number of nitrogens with zero attached hydrogens (tertiary/aromatic N) is 3. The number of hydrogen-bond acceptors (Lipinski definition) is 5. The minimum absolute atomic E-state index is 0. The van der Waals surface area contributed by atoms with Crippen molar-refractivity contribution < 1.29 is 0 Å². The van der Waals surface area contributed by atoms with Crippen molar-refractivity contribution in [1.29, 1.82) is 0 Å². The van der Waals surface area contributed by atoms with Crippen molar-refractivity contribution in [3.8, 4) is 0 Å². The minimum atomic E-state index is 0. The fourth-order valence-electron chi connectivity index (χ4n) is 3.17. The Labute approximate surface area is 187 Å². The number of nitrogens with one attached hydrogen (secondary N) is 2. The van der Waals surface area contributed by atoms with Crippen molar-refractivity contribution in [1.82, 2.24) is 20.6 Å². The molecule has 0 atom stereocenters. The summed E-state index contributed by atoms with van der Waals surface area (Å²) in [7, 11) is 0. The average Bonchev–Trinajstić information content (AvgIpc) is 3.18. The molecule has 0 saturated carbocycles. The highest BCUT2D eigenvalue weighted by Crippen LogP contribution is 2.27. The number of aromatic nitrogens is 2. The van der Waals surface area contributed by atoms with E-state index in [1.165, 1.54) is 46.1 Å². The van der Waals surface area contributed by atoms with Gasteiger partial charge in [-0.1, -0.05) is 0 Å². The molecule has 8 heteroatoms. The van der Waals surface area contributed by atoms with E-state index < -0.39 is 0 Å². The summed E-state index contributed by atoms with van der Waals surface area (Å²) >= 11 is 3.66. The molecule has 0 spiro atoms. The van der Waals surface area contributed by atoms with Gasteiger partial charge in [-0.05, 0) is 52.9 Å². The van der Waals surface area contributed by atoms with Gasteiger partial charge in [-0.2, -0.15) is 0 Å². The van der Waals surface area contributed by atoms with Crippen LogP contribution in [0.1, 0.15) is 57.3 Å². The van der Waals surface area contributed by atoms with E-state index in [1.54, 1.807) is 11.3 Å². The summed E-state index contributed by atoms with van der Waals surface area (Å²) in [5.74, 6) is 0.886. The van der Waals surface area contributed by atoms with E-state index in [1.807, 2.05) is 18.3 Å². The molecule has 150 valence electrons. The van der Waals surface area contributed by atoms with E-state index in [0.717, 1.165) is 42.6 Å². The van der Waals surface area contributed by atoms with Gasteiger partial charge in [0.15, 0.2) is 5.96 Å². The summed E-state index contributed by atoms with van der Waals surface area (Å²) in [5.41, 5.74) is 2.47. The predicted molar refractivity (Wildman–Crippen MR) is 127 cm³/mol. The lowest BCUT2D eigenvalue weighted by Crippen LogP contribution is -2.37. The van der Waals surface area contributed by atoms with Crippen molar-refractivity contribution in [2.45, 2.75) is 65.8 Å². The molecule has 5 nitrogen and oxygen atoms in total. The topological polar surface area (TPSA) is 62.2 Å². The van der Waals surface area contributed by atoms with Crippen molar-refractivity contribution >= 4 is 52.6 Å². The van der Waals surface area contributed by atoms with E-state index in [9.17, 15) is 0 Å². The van der Waals surface area contributed by atoms with E-state index in [0.29, 0.717) is 6.54 Å². The number of halogens is 1. The van der Waals surface area contributed by atoms with E-state index in [2.05, 4.69) is 29.5 Å². The molecule has 3 rings (SSSR count). The Balaban J connectivity index is 0.00000261. The molecule has 0 bridgehead atoms. The Morgan fingerprint density at radius 1 is 1.11 bits per heavy atom. The molecule has 0 radical (unpaired) electrons. The number of aliphatic imine (C=N–C) groups is 1. The lowest BCUT2D eigenvalue weighted by Gasteiger charge is -2.10. The second-order valence-corrected chi connectivity index (χ2v) is 9.11. The van der Waals surface area contributed by atoms with Crippen LogP contribution in [0.5, 0.6) is 0 Å². The van der Waals surface area contributed by atoms with Crippen LogP contribution in [0, 0.1) is 13.8 Å². The molecule has 2 aromatic heterocycles. The van der Waals surface area contributed by atoms with Gasteiger partial charge in [0, 0.05) is 29.3 Å². The maximum Gasteiger partial charge on any atom is 0.191 e. The van der Waals surface area contributed by atoms with E-state index >= 15 is 0 Å². The molecule has 0 unspecified atom stereocenters. The van der Waals surface area contributed by atoms with Crippen LogP contribution in [-0.2, 0) is 25.8 Å². The van der Waals surface area contributed by atoms with Gasteiger partial charge in [-0.3, -0.25) is 0 Å². The zero-order valence-corrected chi connectivity index (χ0v) is 20.4. The van der Waals surface area contributed by atoms with Crippen molar-refractivity contribution in [3.63, 3.8) is 0 Å². The summed E-state index contributed by atoms with van der Waals surface area (Å²) < 4.78 is 0. The van der Waals surface area contributed by atoms with Gasteiger partial charge in [-0.25, -0.2) is 15.0 Å². The molecule has 1 aliphatic carbocycles. The molecule has 1 aliphatic rings. The molecule has 2 N–H and O–H groups in total. The Morgan fingerprint density at radius 2 is 1.93 bits per heavy atom. The van der Waals surface area contributed by atoms with Gasteiger partial charge >= 0.3 is 0 Å². The Kier molecular flexibility index (Phi) is 9.44. The molecule has 0 aliphatic heterocycles. The standard InChI is InChI=1S/C19H29N5S2.HI/c1-4-20-19(22-12-17-13(2)23-14(3)25-17)21-11-7-10-18-24-15-8-5-6-9-16(15)26-18;/h4-12H2,1-3H3,(H2,20,21,22);1H. The fourth-order valence-corrected chi connectivity index (χ4v) is 5.23. The maximum absolute atomic E-state index is 4.83. The van der Waals surface area contributed by atoms with Crippen LogP contribution < -0.4 is 10.6 Å². The summed E-state index contributed by atoms with van der Waals surface area (Å²) in [4.78, 5) is 16.8. The van der Waals surface area contributed by atoms with Gasteiger partial charge in [0.1, 0.15) is 0 Å². The monoisotopic (exact) mass is 519 g/mol. The Bertz CT molecular complexity index is 730. The Hall–Kier alpha value is -0.740. The number of thiazole rings is 2. The lowest BCUT2D eigenvalue weighted by atomic mass is 10.0. The number of hydrogen-bond donors (Lipinski definition) is 2. The predicted octanol–water partition coefficient (Wildman–Crippen LogP) is 4.40. The number of guanidine groups is 1. The number of rotatable bonds is 7. The van der Waals surface area contributed by atoms with E-state index in [4.69, 9.17) is 9.98 Å². The van der Waals surface area contributed by atoms with Crippen LogP contribution in [-0.4, -0.2) is 29.0 Å². The normalized spacial score (nSPS) is 13.8. The zero-order chi connectivity index (χ0) is 18.4. The van der Waals surface area contributed by atoms with Gasteiger partial charge in [0.05, 0.1) is 27.9 Å². The number of fused-ring (bicyclic) bond motifs is 1. The van der Waals surface area contributed by atoms with Crippen LogP contribution in [0.25, 0.3) is 0 Å². The molecular weight excluding hydrogens is 489 g/mol. The first-order valence-electron chi connectivity index (χ1n) is 9.58. The van der Waals surface area contributed by atoms with Crippen LogP contribution >= 0.6 is 46.7 Å². The summed E-state index contributed by atoms with van der Waals surface area (Å²) in [5, 5.41) is 9.19. The summed E-state index contributed by atoms with van der Waals surface area (Å²) in [6.07, 6.45) is 7.18. The first-order valence-corrected chi connectivity index (χ1v) is 11.2. The van der Waals surface area contributed by atoms with Gasteiger partial charge in [0.2, 0.25) is 0 Å². The largest absolute Gasteiger partial charge is 0.357 e. The second-order valence-electron chi connectivity index (χ2n) is 6.65. The summed E-state index contributed by atoms with van der Waals surface area (Å²) in [6, 6.07) is 0. The fraction of sp³-hybridized carbons (Fsp3) is 0.632.